The summed E-state index contributed by atoms with van der Waals surface area (Å²) in [6.07, 6.45) is -0.434. The summed E-state index contributed by atoms with van der Waals surface area (Å²) in [5.41, 5.74) is 0.766. The summed E-state index contributed by atoms with van der Waals surface area (Å²) in [7, 11) is 0. The maximum atomic E-state index is 12.6. The van der Waals surface area contributed by atoms with Gasteiger partial charge in [-0.05, 0) is 48.3 Å². The van der Waals surface area contributed by atoms with Crippen LogP contribution in [0.4, 0.5) is 10.5 Å². The Kier molecular flexibility index (Phi) is 4.96. The summed E-state index contributed by atoms with van der Waals surface area (Å²) in [6, 6.07) is 28.2. The normalized spacial score (nSPS) is 10.1. The number of anilines is 1. The molecule has 0 saturated heterocycles. The van der Waals surface area contributed by atoms with E-state index in [1.54, 1.807) is 16.4 Å². The molecule has 4 heteroatoms. The minimum atomic E-state index is -0.434. The van der Waals surface area contributed by atoms with Gasteiger partial charge in [0.2, 0.25) is 0 Å². The Morgan fingerprint density at radius 3 is 1.87 bits per heavy atom. The summed E-state index contributed by atoms with van der Waals surface area (Å²) in [4.78, 5) is 13.6. The van der Waals surface area contributed by atoms with Crippen molar-refractivity contribution in [1.82, 2.24) is 0 Å². The fourth-order valence-corrected chi connectivity index (χ4v) is 2.80. The molecule has 0 saturated carbocycles. The molecule has 3 aromatic carbocycles. The predicted octanol–water partition coefficient (Wildman–Crippen LogP) is 5.40. The van der Waals surface area contributed by atoms with E-state index in [1.807, 2.05) is 78.9 Å². The average molecular weight is 321 g/mol. The Morgan fingerprint density at radius 1 is 0.739 bits per heavy atom. The first-order valence-corrected chi connectivity index (χ1v) is 7.95. The van der Waals surface area contributed by atoms with E-state index in [1.165, 1.54) is 11.9 Å². The minimum Gasteiger partial charge on any atom is -0.409 e. The Bertz CT molecular complexity index is 748. The number of nitrogens with zero attached hydrogens (tertiary/aromatic N) is 1. The van der Waals surface area contributed by atoms with Crippen LogP contribution in [0.25, 0.3) is 0 Å². The summed E-state index contributed by atoms with van der Waals surface area (Å²) < 4.78 is 7.01. The molecule has 0 radical (unpaired) electrons. The first-order chi connectivity index (χ1) is 11.3. The standard InChI is InChI=1S/C19H15NO2S/c21-19(22-17-12-6-2-7-13-17)20(16-10-4-1-5-11-16)23-18-14-8-3-9-15-18/h1-15H. The maximum absolute atomic E-state index is 12.6. The molecule has 0 aliphatic rings. The van der Waals surface area contributed by atoms with Crippen LogP contribution in [0.5, 0.6) is 5.75 Å². The second-order valence-electron chi connectivity index (χ2n) is 4.72. The first-order valence-electron chi connectivity index (χ1n) is 7.18. The molecule has 0 aliphatic carbocycles. The lowest BCUT2D eigenvalue weighted by Crippen LogP contribution is -2.27. The average Bonchev–Trinajstić information content (AvgIpc) is 2.62. The van der Waals surface area contributed by atoms with Gasteiger partial charge in [0.1, 0.15) is 5.75 Å². The zero-order valence-corrected chi connectivity index (χ0v) is 13.1. The highest BCUT2D eigenvalue weighted by Gasteiger charge is 2.19. The molecule has 1 amide bonds. The van der Waals surface area contributed by atoms with Crippen molar-refractivity contribution >= 4 is 23.7 Å². The fourth-order valence-electron chi connectivity index (χ4n) is 1.98. The van der Waals surface area contributed by atoms with Crippen molar-refractivity contribution < 1.29 is 9.53 Å². The Labute approximate surface area is 139 Å². The van der Waals surface area contributed by atoms with Crippen LogP contribution >= 0.6 is 11.9 Å². The van der Waals surface area contributed by atoms with E-state index < -0.39 is 6.09 Å². The van der Waals surface area contributed by atoms with Gasteiger partial charge in [-0.3, -0.25) is 0 Å². The third-order valence-electron chi connectivity index (χ3n) is 3.04. The maximum Gasteiger partial charge on any atom is 0.430 e. The minimum absolute atomic E-state index is 0.434. The van der Waals surface area contributed by atoms with Gasteiger partial charge in [0.15, 0.2) is 0 Å². The molecule has 0 heterocycles. The highest BCUT2D eigenvalue weighted by molar-refractivity contribution is 8.01. The first kappa shape index (κ1) is 15.2. The Hall–Kier alpha value is -2.72. The highest BCUT2D eigenvalue weighted by atomic mass is 32.2. The van der Waals surface area contributed by atoms with E-state index in [4.69, 9.17) is 4.74 Å². The molecule has 3 aromatic rings. The number of para-hydroxylation sites is 2. The number of amides is 1. The lowest BCUT2D eigenvalue weighted by molar-refractivity contribution is 0.212. The van der Waals surface area contributed by atoms with Gasteiger partial charge in [0.05, 0.1) is 5.69 Å². The van der Waals surface area contributed by atoms with E-state index in [0.29, 0.717) is 5.75 Å². The molecular weight excluding hydrogens is 306 g/mol. The number of rotatable bonds is 4. The predicted molar refractivity (Wildman–Crippen MR) is 93.7 cm³/mol. The number of carbonyl (C=O) groups excluding carboxylic acids is 1. The molecule has 0 aliphatic heterocycles. The number of hydrogen-bond acceptors (Lipinski definition) is 3. The number of carbonyl (C=O) groups is 1. The molecule has 0 atom stereocenters. The van der Waals surface area contributed by atoms with Crippen molar-refractivity contribution in [2.45, 2.75) is 4.90 Å². The van der Waals surface area contributed by atoms with Crippen LogP contribution in [0, 0.1) is 0 Å². The van der Waals surface area contributed by atoms with Crippen molar-refractivity contribution in [1.29, 1.82) is 0 Å². The van der Waals surface area contributed by atoms with Crippen LogP contribution < -0.4 is 9.04 Å². The van der Waals surface area contributed by atoms with Crippen molar-refractivity contribution in [3.8, 4) is 5.75 Å². The van der Waals surface area contributed by atoms with Gasteiger partial charge in [-0.1, -0.05) is 54.6 Å². The van der Waals surface area contributed by atoms with Crippen molar-refractivity contribution in [2.75, 3.05) is 4.31 Å². The van der Waals surface area contributed by atoms with Crippen LogP contribution in [0.2, 0.25) is 0 Å². The van der Waals surface area contributed by atoms with E-state index in [2.05, 4.69) is 0 Å². The van der Waals surface area contributed by atoms with Gasteiger partial charge in [0, 0.05) is 4.90 Å². The van der Waals surface area contributed by atoms with Crippen LogP contribution in [-0.2, 0) is 0 Å². The molecule has 3 rings (SSSR count). The van der Waals surface area contributed by atoms with Gasteiger partial charge in [-0.15, -0.1) is 0 Å². The zero-order chi connectivity index (χ0) is 15.9. The zero-order valence-electron chi connectivity index (χ0n) is 12.3. The lowest BCUT2D eigenvalue weighted by Gasteiger charge is -2.20. The van der Waals surface area contributed by atoms with Gasteiger partial charge in [-0.2, -0.15) is 0 Å². The monoisotopic (exact) mass is 321 g/mol. The topological polar surface area (TPSA) is 29.5 Å². The number of benzene rings is 3. The molecule has 0 spiro atoms. The fraction of sp³-hybridized carbons (Fsp3) is 0. The molecule has 114 valence electrons. The molecule has 0 bridgehead atoms. The summed E-state index contributed by atoms with van der Waals surface area (Å²) >= 11 is 1.33. The molecule has 0 aromatic heterocycles. The molecule has 0 unspecified atom stereocenters. The Morgan fingerprint density at radius 2 is 1.26 bits per heavy atom. The third kappa shape index (κ3) is 4.14. The Balaban J connectivity index is 1.84. The molecule has 3 nitrogen and oxygen atoms in total. The van der Waals surface area contributed by atoms with Crippen molar-refractivity contribution in [3.63, 3.8) is 0 Å². The quantitative estimate of drug-likeness (QED) is 0.603. The van der Waals surface area contributed by atoms with Crippen molar-refractivity contribution in [2.24, 2.45) is 0 Å². The number of hydrogen-bond donors (Lipinski definition) is 0. The van der Waals surface area contributed by atoms with Crippen LogP contribution in [0.15, 0.2) is 95.9 Å². The van der Waals surface area contributed by atoms with E-state index >= 15 is 0 Å². The van der Waals surface area contributed by atoms with E-state index in [-0.39, 0.29) is 0 Å². The van der Waals surface area contributed by atoms with E-state index in [0.717, 1.165) is 10.6 Å². The van der Waals surface area contributed by atoms with Gasteiger partial charge in [0.25, 0.3) is 0 Å². The summed E-state index contributed by atoms with van der Waals surface area (Å²) in [5, 5.41) is 0. The molecule has 23 heavy (non-hydrogen) atoms. The molecule has 0 N–H and O–H groups in total. The van der Waals surface area contributed by atoms with E-state index in [9.17, 15) is 4.79 Å². The largest absolute Gasteiger partial charge is 0.430 e. The van der Waals surface area contributed by atoms with Gasteiger partial charge >= 0.3 is 6.09 Å². The van der Waals surface area contributed by atoms with Gasteiger partial charge in [-0.25, -0.2) is 9.10 Å². The van der Waals surface area contributed by atoms with Crippen LogP contribution in [0.3, 0.4) is 0 Å². The second kappa shape index (κ2) is 7.51. The molecular formula is C19H15NO2S. The van der Waals surface area contributed by atoms with Crippen LogP contribution in [-0.4, -0.2) is 6.09 Å². The highest BCUT2D eigenvalue weighted by Crippen LogP contribution is 2.29. The SMILES string of the molecule is O=C(Oc1ccccc1)N(Sc1ccccc1)c1ccccc1. The van der Waals surface area contributed by atoms with Crippen LogP contribution in [0.1, 0.15) is 0 Å². The lowest BCUT2D eigenvalue weighted by atomic mass is 10.3. The molecule has 0 fully saturated rings. The second-order valence-corrected chi connectivity index (χ2v) is 5.73. The van der Waals surface area contributed by atoms with Gasteiger partial charge < -0.3 is 4.74 Å². The summed E-state index contributed by atoms with van der Waals surface area (Å²) in [5.74, 6) is 0.520. The third-order valence-corrected chi connectivity index (χ3v) is 4.07. The summed E-state index contributed by atoms with van der Waals surface area (Å²) in [6.45, 7) is 0. The van der Waals surface area contributed by atoms with Crippen molar-refractivity contribution in [3.05, 3.63) is 91.0 Å². The smallest absolute Gasteiger partial charge is 0.409 e. The number of ether oxygens (including phenoxy) is 1.